The second-order valence-corrected chi connectivity index (χ2v) is 7.41. The Morgan fingerprint density at radius 1 is 1.07 bits per heavy atom. The molecule has 0 aliphatic carbocycles. The standard InChI is InChI=1S/C19H16Cl2N2O4S/c1-25-13-6-10(7-14(26-2)17(13)27-3)9-22-23-19(24)18-16(21)12-5-4-11(20)8-15(12)28-18/h4-9H,1-3H3,(H,23,24). The van der Waals surface area contributed by atoms with Crippen LogP contribution in [0.2, 0.25) is 10.0 Å². The maximum Gasteiger partial charge on any atom is 0.283 e. The number of carbonyl (C=O) groups is 1. The Balaban J connectivity index is 1.81. The molecule has 0 saturated carbocycles. The molecule has 0 unspecified atom stereocenters. The molecule has 3 aromatic rings. The average Bonchev–Trinajstić information content (AvgIpc) is 3.02. The number of hydrogen-bond acceptors (Lipinski definition) is 6. The molecule has 0 bridgehead atoms. The van der Waals surface area contributed by atoms with Crippen LogP contribution < -0.4 is 19.6 Å². The van der Waals surface area contributed by atoms with Crippen molar-refractivity contribution in [1.29, 1.82) is 0 Å². The van der Waals surface area contributed by atoms with E-state index in [1.165, 1.54) is 38.9 Å². The number of halogens is 2. The van der Waals surface area contributed by atoms with Crippen molar-refractivity contribution >= 4 is 56.7 Å². The first kappa shape index (κ1) is 20.3. The second kappa shape index (κ2) is 8.68. The lowest BCUT2D eigenvalue weighted by Gasteiger charge is -2.12. The molecule has 2 aromatic carbocycles. The van der Waals surface area contributed by atoms with E-state index in [0.29, 0.717) is 37.7 Å². The molecule has 0 radical (unpaired) electrons. The highest BCUT2D eigenvalue weighted by atomic mass is 35.5. The van der Waals surface area contributed by atoms with Crippen LogP contribution in [-0.4, -0.2) is 33.5 Å². The van der Waals surface area contributed by atoms with Crippen LogP contribution in [0.25, 0.3) is 10.1 Å². The van der Waals surface area contributed by atoms with Crippen molar-refractivity contribution < 1.29 is 19.0 Å². The van der Waals surface area contributed by atoms with Gasteiger partial charge in [0.1, 0.15) is 4.88 Å². The van der Waals surface area contributed by atoms with E-state index < -0.39 is 5.91 Å². The van der Waals surface area contributed by atoms with E-state index in [-0.39, 0.29) is 0 Å². The predicted octanol–water partition coefficient (Wildman–Crippen LogP) is 5.00. The van der Waals surface area contributed by atoms with Crippen LogP contribution in [0.5, 0.6) is 17.2 Å². The number of fused-ring (bicyclic) bond motifs is 1. The first-order chi connectivity index (χ1) is 13.5. The number of hydrogen-bond donors (Lipinski definition) is 1. The zero-order chi connectivity index (χ0) is 20.3. The van der Waals surface area contributed by atoms with Crippen molar-refractivity contribution in [1.82, 2.24) is 5.43 Å². The minimum absolute atomic E-state index is 0.362. The van der Waals surface area contributed by atoms with E-state index in [0.717, 1.165) is 10.1 Å². The Morgan fingerprint density at radius 3 is 2.36 bits per heavy atom. The lowest BCUT2D eigenvalue weighted by molar-refractivity contribution is 0.0959. The van der Waals surface area contributed by atoms with Crippen LogP contribution in [0.1, 0.15) is 15.2 Å². The van der Waals surface area contributed by atoms with Crippen LogP contribution in [0.4, 0.5) is 0 Å². The number of carbonyl (C=O) groups excluding carboxylic acids is 1. The number of ether oxygens (including phenoxy) is 3. The highest BCUT2D eigenvalue weighted by molar-refractivity contribution is 7.21. The van der Waals surface area contributed by atoms with Crippen LogP contribution in [0, 0.1) is 0 Å². The Morgan fingerprint density at radius 2 is 1.75 bits per heavy atom. The SMILES string of the molecule is COc1cc(C=NNC(=O)c2sc3cc(Cl)ccc3c2Cl)cc(OC)c1OC. The summed E-state index contributed by atoms with van der Waals surface area (Å²) in [5.41, 5.74) is 3.13. The summed E-state index contributed by atoms with van der Waals surface area (Å²) in [6.45, 7) is 0. The van der Waals surface area contributed by atoms with Crippen LogP contribution >= 0.6 is 34.5 Å². The zero-order valence-corrected chi connectivity index (χ0v) is 17.5. The molecule has 0 aliphatic heterocycles. The first-order valence-electron chi connectivity index (χ1n) is 7.99. The highest BCUT2D eigenvalue weighted by Gasteiger charge is 2.17. The summed E-state index contributed by atoms with van der Waals surface area (Å²) < 4.78 is 16.7. The number of hydrazone groups is 1. The molecule has 0 aliphatic rings. The summed E-state index contributed by atoms with van der Waals surface area (Å²) in [7, 11) is 4.57. The Hall–Kier alpha value is -2.48. The van der Waals surface area contributed by atoms with E-state index in [9.17, 15) is 4.79 Å². The van der Waals surface area contributed by atoms with Gasteiger partial charge in [-0.2, -0.15) is 5.10 Å². The number of thiophene rings is 1. The Bertz CT molecular complexity index is 1040. The van der Waals surface area contributed by atoms with Gasteiger partial charge in [-0.15, -0.1) is 11.3 Å². The van der Waals surface area contributed by atoms with Crippen molar-refractivity contribution in [3.05, 3.63) is 50.8 Å². The lowest BCUT2D eigenvalue weighted by Crippen LogP contribution is -2.16. The molecule has 3 rings (SSSR count). The maximum atomic E-state index is 12.5. The highest BCUT2D eigenvalue weighted by Crippen LogP contribution is 2.38. The van der Waals surface area contributed by atoms with Crippen molar-refractivity contribution in [2.45, 2.75) is 0 Å². The van der Waals surface area contributed by atoms with Gasteiger partial charge in [0.05, 0.1) is 32.6 Å². The Kier molecular flexibility index (Phi) is 6.28. The van der Waals surface area contributed by atoms with Gasteiger partial charge in [0.15, 0.2) is 11.5 Å². The molecule has 1 N–H and O–H groups in total. The second-order valence-electron chi connectivity index (χ2n) is 5.54. The van der Waals surface area contributed by atoms with Crippen molar-refractivity contribution in [2.24, 2.45) is 5.10 Å². The van der Waals surface area contributed by atoms with Gasteiger partial charge in [0.2, 0.25) is 5.75 Å². The van der Waals surface area contributed by atoms with E-state index in [4.69, 9.17) is 37.4 Å². The molecule has 28 heavy (non-hydrogen) atoms. The molecule has 0 spiro atoms. The van der Waals surface area contributed by atoms with Gasteiger partial charge in [-0.3, -0.25) is 4.79 Å². The topological polar surface area (TPSA) is 69.2 Å². The van der Waals surface area contributed by atoms with Crippen molar-refractivity contribution in [3.8, 4) is 17.2 Å². The van der Waals surface area contributed by atoms with Gasteiger partial charge in [0.25, 0.3) is 5.91 Å². The lowest BCUT2D eigenvalue weighted by atomic mass is 10.2. The van der Waals surface area contributed by atoms with Crippen molar-refractivity contribution in [2.75, 3.05) is 21.3 Å². The summed E-state index contributed by atoms with van der Waals surface area (Å²) in [6, 6.07) is 8.71. The Labute approximate surface area is 175 Å². The van der Waals surface area contributed by atoms with Gasteiger partial charge >= 0.3 is 0 Å². The minimum atomic E-state index is -0.411. The van der Waals surface area contributed by atoms with Gasteiger partial charge < -0.3 is 14.2 Å². The van der Waals surface area contributed by atoms with Crippen LogP contribution in [0.3, 0.4) is 0 Å². The fourth-order valence-corrected chi connectivity index (χ4v) is 4.26. The van der Waals surface area contributed by atoms with Gasteiger partial charge in [-0.05, 0) is 24.3 Å². The molecule has 1 amide bonds. The molecule has 0 saturated heterocycles. The van der Waals surface area contributed by atoms with E-state index in [1.54, 1.807) is 30.3 Å². The summed E-state index contributed by atoms with van der Waals surface area (Å²) in [5.74, 6) is 1.03. The largest absolute Gasteiger partial charge is 0.493 e. The van der Waals surface area contributed by atoms with Crippen molar-refractivity contribution in [3.63, 3.8) is 0 Å². The molecular formula is C19H16Cl2N2O4S. The number of nitrogens with one attached hydrogen (secondary N) is 1. The van der Waals surface area contributed by atoms with Gasteiger partial charge in [-0.25, -0.2) is 5.43 Å². The van der Waals surface area contributed by atoms with E-state index in [1.807, 2.05) is 0 Å². The minimum Gasteiger partial charge on any atom is -0.493 e. The first-order valence-corrected chi connectivity index (χ1v) is 9.56. The average molecular weight is 439 g/mol. The van der Waals surface area contributed by atoms with Crippen LogP contribution in [-0.2, 0) is 0 Å². The molecular weight excluding hydrogens is 423 g/mol. The molecule has 1 aromatic heterocycles. The predicted molar refractivity (Wildman–Crippen MR) is 113 cm³/mol. The quantitative estimate of drug-likeness (QED) is 0.434. The number of benzene rings is 2. The zero-order valence-electron chi connectivity index (χ0n) is 15.2. The third-order valence-electron chi connectivity index (χ3n) is 3.86. The number of amides is 1. The van der Waals surface area contributed by atoms with Gasteiger partial charge in [-0.1, -0.05) is 29.3 Å². The molecule has 6 nitrogen and oxygen atoms in total. The monoisotopic (exact) mass is 438 g/mol. The number of nitrogens with zero attached hydrogens (tertiary/aromatic N) is 1. The summed E-state index contributed by atoms with van der Waals surface area (Å²) in [6.07, 6.45) is 1.47. The van der Waals surface area contributed by atoms with E-state index in [2.05, 4.69) is 10.5 Å². The molecule has 146 valence electrons. The smallest absolute Gasteiger partial charge is 0.283 e. The molecule has 9 heteroatoms. The molecule has 0 atom stereocenters. The third kappa shape index (κ3) is 4.01. The molecule has 1 heterocycles. The summed E-state index contributed by atoms with van der Waals surface area (Å²) in [4.78, 5) is 12.8. The summed E-state index contributed by atoms with van der Waals surface area (Å²) in [5, 5.41) is 5.73. The number of rotatable bonds is 6. The van der Waals surface area contributed by atoms with Gasteiger partial charge in [0, 0.05) is 20.7 Å². The fraction of sp³-hybridized carbons (Fsp3) is 0.158. The van der Waals surface area contributed by atoms with Crippen LogP contribution in [0.15, 0.2) is 35.4 Å². The maximum absolute atomic E-state index is 12.5. The third-order valence-corrected chi connectivity index (χ3v) is 5.76. The van der Waals surface area contributed by atoms with E-state index >= 15 is 0 Å². The normalized spacial score (nSPS) is 11.0. The fourth-order valence-electron chi connectivity index (χ4n) is 2.58. The summed E-state index contributed by atoms with van der Waals surface area (Å²) >= 11 is 13.6. The number of methoxy groups -OCH3 is 3. The molecule has 0 fully saturated rings.